The molecule has 2 nitrogen and oxygen atoms in total. The quantitative estimate of drug-likeness (QED) is 0.702. The first-order chi connectivity index (χ1) is 6.25. The van der Waals surface area contributed by atoms with Crippen molar-refractivity contribution in [3.8, 4) is 5.75 Å². The number of benzene rings is 1. The van der Waals surface area contributed by atoms with E-state index in [0.29, 0.717) is 24.0 Å². The summed E-state index contributed by atoms with van der Waals surface area (Å²) < 4.78 is 22.9. The zero-order chi connectivity index (χ0) is 9.26. The number of hydrogen-bond acceptors (Lipinski definition) is 2. The first-order valence-corrected chi connectivity index (χ1v) is 4.33. The summed E-state index contributed by atoms with van der Waals surface area (Å²) >= 11 is 5.77. The highest BCUT2D eigenvalue weighted by Crippen LogP contribution is 2.25. The van der Waals surface area contributed by atoms with Gasteiger partial charge in [-0.1, -0.05) is 11.6 Å². The third-order valence-electron chi connectivity index (χ3n) is 1.72. The summed E-state index contributed by atoms with van der Waals surface area (Å²) in [5.41, 5.74) is 0. The zero-order valence-corrected chi connectivity index (χ0v) is 7.55. The maximum absolute atomic E-state index is 12.7. The van der Waals surface area contributed by atoms with E-state index in [1.54, 1.807) is 0 Å². The maximum atomic E-state index is 12.7. The standard InChI is InChI=1S/C9H8ClFO2/c10-8-2-1-6(11)3-9(8)13-5-7-4-12-7/h1-3,7H,4-5H2/t7-/m0/s1. The Morgan fingerprint density at radius 3 is 3.08 bits per heavy atom. The number of halogens is 2. The van der Waals surface area contributed by atoms with Gasteiger partial charge in [0.15, 0.2) is 0 Å². The third-order valence-corrected chi connectivity index (χ3v) is 2.03. The SMILES string of the molecule is Fc1ccc(Cl)c(OC[C@@H]2CO2)c1. The molecular weight excluding hydrogens is 195 g/mol. The van der Waals surface area contributed by atoms with Crippen molar-refractivity contribution in [2.24, 2.45) is 0 Å². The molecule has 0 N–H and O–H groups in total. The fraction of sp³-hybridized carbons (Fsp3) is 0.333. The lowest BCUT2D eigenvalue weighted by Gasteiger charge is -2.05. The van der Waals surface area contributed by atoms with Crippen LogP contribution in [0.2, 0.25) is 5.02 Å². The highest BCUT2D eigenvalue weighted by molar-refractivity contribution is 6.32. The van der Waals surface area contributed by atoms with Gasteiger partial charge in [0.2, 0.25) is 0 Å². The number of epoxide rings is 1. The summed E-state index contributed by atoms with van der Waals surface area (Å²) in [6.45, 7) is 1.15. The van der Waals surface area contributed by atoms with E-state index in [0.717, 1.165) is 0 Å². The van der Waals surface area contributed by atoms with Crippen LogP contribution in [0, 0.1) is 5.82 Å². The van der Waals surface area contributed by atoms with E-state index in [1.165, 1.54) is 18.2 Å². The lowest BCUT2D eigenvalue weighted by atomic mass is 10.3. The molecule has 4 heteroatoms. The second-order valence-corrected chi connectivity index (χ2v) is 3.25. The molecule has 1 atom stereocenters. The Morgan fingerprint density at radius 2 is 2.38 bits per heavy atom. The summed E-state index contributed by atoms with van der Waals surface area (Å²) in [7, 11) is 0. The van der Waals surface area contributed by atoms with Crippen LogP contribution >= 0.6 is 11.6 Å². The van der Waals surface area contributed by atoms with Gasteiger partial charge in [0.25, 0.3) is 0 Å². The molecule has 0 unspecified atom stereocenters. The van der Waals surface area contributed by atoms with Crippen LogP contribution in [0.3, 0.4) is 0 Å². The molecule has 1 aliphatic rings. The van der Waals surface area contributed by atoms with Crippen molar-refractivity contribution in [2.45, 2.75) is 6.10 Å². The Bertz CT molecular complexity index is 312. The average molecular weight is 203 g/mol. The van der Waals surface area contributed by atoms with Crippen molar-refractivity contribution in [3.63, 3.8) is 0 Å². The summed E-state index contributed by atoms with van der Waals surface area (Å²) in [5, 5.41) is 0.419. The molecule has 0 saturated carbocycles. The minimum atomic E-state index is -0.351. The van der Waals surface area contributed by atoms with Gasteiger partial charge in [-0.2, -0.15) is 0 Å². The van der Waals surface area contributed by atoms with Crippen LogP contribution in [0.15, 0.2) is 18.2 Å². The van der Waals surface area contributed by atoms with Gasteiger partial charge in [-0.05, 0) is 12.1 Å². The molecule has 0 aromatic heterocycles. The molecule has 0 bridgehead atoms. The Hall–Kier alpha value is -0.800. The van der Waals surface area contributed by atoms with Gasteiger partial charge in [-0.3, -0.25) is 0 Å². The Balaban J connectivity index is 2.03. The molecule has 70 valence electrons. The van der Waals surface area contributed by atoms with Crippen LogP contribution in [0.4, 0.5) is 4.39 Å². The van der Waals surface area contributed by atoms with Gasteiger partial charge in [0, 0.05) is 6.07 Å². The fourth-order valence-electron chi connectivity index (χ4n) is 0.935. The molecule has 1 heterocycles. The van der Waals surface area contributed by atoms with E-state index >= 15 is 0 Å². The Kier molecular flexibility index (Phi) is 2.38. The van der Waals surface area contributed by atoms with Crippen molar-refractivity contribution in [1.82, 2.24) is 0 Å². The third kappa shape index (κ3) is 2.32. The van der Waals surface area contributed by atoms with Crippen molar-refractivity contribution in [2.75, 3.05) is 13.2 Å². The van der Waals surface area contributed by atoms with Crippen LogP contribution in [-0.4, -0.2) is 19.3 Å². The van der Waals surface area contributed by atoms with Gasteiger partial charge < -0.3 is 9.47 Å². The molecule has 1 fully saturated rings. The van der Waals surface area contributed by atoms with Gasteiger partial charge >= 0.3 is 0 Å². The minimum absolute atomic E-state index is 0.152. The number of hydrogen-bond donors (Lipinski definition) is 0. The Morgan fingerprint density at radius 1 is 1.62 bits per heavy atom. The van der Waals surface area contributed by atoms with Gasteiger partial charge in [0.05, 0.1) is 11.6 Å². The lowest BCUT2D eigenvalue weighted by molar-refractivity contribution is 0.262. The zero-order valence-electron chi connectivity index (χ0n) is 6.80. The molecule has 0 aliphatic carbocycles. The van der Waals surface area contributed by atoms with Gasteiger partial charge in [-0.15, -0.1) is 0 Å². The summed E-state index contributed by atoms with van der Waals surface area (Å²) in [6, 6.07) is 4.04. The highest BCUT2D eigenvalue weighted by atomic mass is 35.5. The molecule has 2 rings (SSSR count). The molecule has 1 aliphatic heterocycles. The summed E-state index contributed by atoms with van der Waals surface area (Å²) in [4.78, 5) is 0. The maximum Gasteiger partial charge on any atom is 0.140 e. The van der Waals surface area contributed by atoms with Gasteiger partial charge in [-0.25, -0.2) is 4.39 Å². The summed E-state index contributed by atoms with van der Waals surface area (Å²) in [5.74, 6) is 0.0216. The molecule has 13 heavy (non-hydrogen) atoms. The van der Waals surface area contributed by atoms with E-state index in [2.05, 4.69) is 0 Å². The van der Waals surface area contributed by atoms with E-state index in [1.807, 2.05) is 0 Å². The fourth-order valence-corrected chi connectivity index (χ4v) is 1.11. The van der Waals surface area contributed by atoms with Crippen molar-refractivity contribution >= 4 is 11.6 Å². The monoisotopic (exact) mass is 202 g/mol. The molecule has 0 amide bonds. The van der Waals surface area contributed by atoms with Crippen molar-refractivity contribution in [1.29, 1.82) is 0 Å². The van der Waals surface area contributed by atoms with Crippen LogP contribution in [0.1, 0.15) is 0 Å². The first-order valence-electron chi connectivity index (χ1n) is 3.95. The second-order valence-electron chi connectivity index (χ2n) is 2.84. The molecule has 1 saturated heterocycles. The van der Waals surface area contributed by atoms with E-state index in [4.69, 9.17) is 21.1 Å². The van der Waals surface area contributed by atoms with E-state index in [-0.39, 0.29) is 11.9 Å². The van der Waals surface area contributed by atoms with Crippen molar-refractivity contribution < 1.29 is 13.9 Å². The Labute approximate surface area is 80.2 Å². The lowest BCUT2D eigenvalue weighted by Crippen LogP contribution is -2.04. The smallest absolute Gasteiger partial charge is 0.140 e. The summed E-state index contributed by atoms with van der Waals surface area (Å²) in [6.07, 6.45) is 0.152. The molecule has 0 spiro atoms. The van der Waals surface area contributed by atoms with Crippen LogP contribution in [0.5, 0.6) is 5.75 Å². The molecule has 1 aromatic carbocycles. The largest absolute Gasteiger partial charge is 0.489 e. The normalized spacial score (nSPS) is 20.0. The van der Waals surface area contributed by atoms with Crippen molar-refractivity contribution in [3.05, 3.63) is 29.0 Å². The predicted molar refractivity (Wildman–Crippen MR) is 46.6 cm³/mol. The number of rotatable bonds is 3. The first kappa shape index (κ1) is 8.78. The van der Waals surface area contributed by atoms with Crippen LogP contribution in [0.25, 0.3) is 0 Å². The topological polar surface area (TPSA) is 21.8 Å². The van der Waals surface area contributed by atoms with E-state index in [9.17, 15) is 4.39 Å². The van der Waals surface area contributed by atoms with Gasteiger partial charge in [0.1, 0.15) is 24.3 Å². The highest BCUT2D eigenvalue weighted by Gasteiger charge is 2.23. The number of ether oxygens (including phenoxy) is 2. The predicted octanol–water partition coefficient (Wildman–Crippen LogP) is 2.26. The minimum Gasteiger partial charge on any atom is -0.489 e. The molecule has 0 radical (unpaired) electrons. The average Bonchev–Trinajstić information content (AvgIpc) is 2.90. The second kappa shape index (κ2) is 3.52. The van der Waals surface area contributed by atoms with E-state index < -0.39 is 0 Å². The molecular formula is C9H8ClFO2. The van der Waals surface area contributed by atoms with Crippen LogP contribution < -0.4 is 4.74 Å². The van der Waals surface area contributed by atoms with Crippen LogP contribution in [-0.2, 0) is 4.74 Å². The molecule has 1 aromatic rings.